The fourth-order valence-electron chi connectivity index (χ4n) is 1.22. The van der Waals surface area contributed by atoms with Crippen LogP contribution in [-0.4, -0.2) is 12.6 Å². The lowest BCUT2D eigenvalue weighted by molar-refractivity contribution is 0.117. The Morgan fingerprint density at radius 1 is 0.933 bits per heavy atom. The SMILES string of the molecule is CC(C)[C@H](C)NCCC(C)(C)C(C)(C)C. The molecule has 0 spiro atoms. The lowest BCUT2D eigenvalue weighted by Crippen LogP contribution is -2.37. The van der Waals surface area contributed by atoms with Gasteiger partial charge < -0.3 is 5.32 Å². The molecule has 0 aromatic carbocycles. The van der Waals surface area contributed by atoms with Gasteiger partial charge in [0.25, 0.3) is 0 Å². The molecule has 1 atom stereocenters. The average molecular weight is 213 g/mol. The van der Waals surface area contributed by atoms with Gasteiger partial charge >= 0.3 is 0 Å². The van der Waals surface area contributed by atoms with Gasteiger partial charge in [0.05, 0.1) is 0 Å². The van der Waals surface area contributed by atoms with Gasteiger partial charge in [-0.3, -0.25) is 0 Å². The van der Waals surface area contributed by atoms with Gasteiger partial charge in [-0.25, -0.2) is 0 Å². The predicted octanol–water partition coefficient (Wildman–Crippen LogP) is 4.08. The summed E-state index contributed by atoms with van der Waals surface area (Å²) < 4.78 is 0. The highest BCUT2D eigenvalue weighted by atomic mass is 14.9. The molecule has 0 radical (unpaired) electrons. The van der Waals surface area contributed by atoms with Crippen molar-refractivity contribution in [2.75, 3.05) is 6.54 Å². The minimum atomic E-state index is 0.385. The van der Waals surface area contributed by atoms with Crippen LogP contribution in [0.3, 0.4) is 0 Å². The molecular weight excluding hydrogens is 182 g/mol. The number of hydrogen-bond acceptors (Lipinski definition) is 1. The summed E-state index contributed by atoms with van der Waals surface area (Å²) in [4.78, 5) is 0. The molecule has 0 bridgehead atoms. The van der Waals surface area contributed by atoms with E-state index in [4.69, 9.17) is 0 Å². The van der Waals surface area contributed by atoms with Gasteiger partial charge in [0.15, 0.2) is 0 Å². The molecule has 0 saturated carbocycles. The van der Waals surface area contributed by atoms with Crippen LogP contribution in [0.1, 0.15) is 61.8 Å². The second-order valence-corrected chi connectivity index (χ2v) is 6.87. The molecule has 0 aliphatic heterocycles. The maximum absolute atomic E-state index is 3.61. The summed E-state index contributed by atoms with van der Waals surface area (Å²) in [5, 5.41) is 3.61. The summed E-state index contributed by atoms with van der Waals surface area (Å²) in [6.45, 7) is 19.7. The zero-order valence-corrected chi connectivity index (χ0v) is 12.1. The van der Waals surface area contributed by atoms with Gasteiger partial charge in [0.1, 0.15) is 0 Å². The summed E-state index contributed by atoms with van der Waals surface area (Å²) in [5.74, 6) is 0.725. The third kappa shape index (κ3) is 5.01. The van der Waals surface area contributed by atoms with Gasteiger partial charge in [0.2, 0.25) is 0 Å². The Hall–Kier alpha value is -0.0400. The van der Waals surface area contributed by atoms with Crippen LogP contribution in [0.15, 0.2) is 0 Å². The lowest BCUT2D eigenvalue weighted by atomic mass is 9.67. The molecule has 0 aromatic heterocycles. The number of rotatable bonds is 5. The van der Waals surface area contributed by atoms with Crippen molar-refractivity contribution in [2.45, 2.75) is 67.9 Å². The van der Waals surface area contributed by atoms with Crippen molar-refractivity contribution in [3.63, 3.8) is 0 Å². The highest BCUT2D eigenvalue weighted by molar-refractivity contribution is 4.83. The lowest BCUT2D eigenvalue weighted by Gasteiger charge is -2.39. The Kier molecular flexibility index (Phi) is 5.32. The van der Waals surface area contributed by atoms with Gasteiger partial charge in [-0.15, -0.1) is 0 Å². The Labute approximate surface area is 97.0 Å². The molecule has 0 aromatic rings. The summed E-state index contributed by atoms with van der Waals surface area (Å²) >= 11 is 0. The summed E-state index contributed by atoms with van der Waals surface area (Å²) in [6.07, 6.45) is 1.24. The third-order valence-corrected chi connectivity index (χ3v) is 4.25. The fraction of sp³-hybridized carbons (Fsp3) is 1.00. The van der Waals surface area contributed by atoms with Crippen LogP contribution in [0.2, 0.25) is 0 Å². The van der Waals surface area contributed by atoms with Crippen molar-refractivity contribution < 1.29 is 0 Å². The highest BCUT2D eigenvalue weighted by Crippen LogP contribution is 2.40. The molecule has 1 heteroatoms. The van der Waals surface area contributed by atoms with Crippen molar-refractivity contribution >= 4 is 0 Å². The first-order chi connectivity index (χ1) is 6.58. The molecule has 0 aliphatic carbocycles. The molecule has 0 unspecified atom stereocenters. The van der Waals surface area contributed by atoms with Gasteiger partial charge in [-0.2, -0.15) is 0 Å². The maximum Gasteiger partial charge on any atom is 0.00617 e. The molecule has 0 rings (SSSR count). The molecule has 0 fully saturated rings. The first-order valence-electron chi connectivity index (χ1n) is 6.31. The van der Waals surface area contributed by atoms with Crippen LogP contribution < -0.4 is 5.32 Å². The molecule has 0 saturated heterocycles. The van der Waals surface area contributed by atoms with E-state index in [1.807, 2.05) is 0 Å². The second kappa shape index (κ2) is 5.34. The average Bonchev–Trinajstić information content (AvgIpc) is 2.01. The predicted molar refractivity (Wildman–Crippen MR) is 70.2 cm³/mol. The minimum absolute atomic E-state index is 0.385. The standard InChI is InChI=1S/C14H31N/c1-11(2)12(3)15-10-9-14(7,8)13(4,5)6/h11-12,15H,9-10H2,1-8H3/t12-/m0/s1. The zero-order valence-electron chi connectivity index (χ0n) is 12.1. The molecule has 0 aliphatic rings. The summed E-state index contributed by atoms with van der Waals surface area (Å²) in [6, 6.07) is 0.626. The molecule has 92 valence electrons. The van der Waals surface area contributed by atoms with E-state index in [1.165, 1.54) is 6.42 Å². The second-order valence-electron chi connectivity index (χ2n) is 6.87. The van der Waals surface area contributed by atoms with Crippen molar-refractivity contribution in [3.05, 3.63) is 0 Å². The summed E-state index contributed by atoms with van der Waals surface area (Å²) in [5.41, 5.74) is 0.784. The normalized spacial score (nSPS) is 15.8. The van der Waals surface area contributed by atoms with Crippen molar-refractivity contribution in [2.24, 2.45) is 16.7 Å². The van der Waals surface area contributed by atoms with Crippen LogP contribution in [0, 0.1) is 16.7 Å². The molecule has 15 heavy (non-hydrogen) atoms. The quantitative estimate of drug-likeness (QED) is 0.725. The van der Waals surface area contributed by atoms with Gasteiger partial charge in [-0.05, 0) is 36.6 Å². The molecule has 1 nitrogen and oxygen atoms in total. The van der Waals surface area contributed by atoms with E-state index in [1.54, 1.807) is 0 Å². The van der Waals surface area contributed by atoms with Crippen molar-refractivity contribution in [3.8, 4) is 0 Å². The van der Waals surface area contributed by atoms with Crippen molar-refractivity contribution in [1.29, 1.82) is 0 Å². The van der Waals surface area contributed by atoms with Crippen LogP contribution in [-0.2, 0) is 0 Å². The van der Waals surface area contributed by atoms with Crippen LogP contribution >= 0.6 is 0 Å². The van der Waals surface area contributed by atoms with Crippen molar-refractivity contribution in [1.82, 2.24) is 5.32 Å². The summed E-state index contributed by atoms with van der Waals surface area (Å²) in [7, 11) is 0. The van der Waals surface area contributed by atoms with Crippen LogP contribution in [0.4, 0.5) is 0 Å². The van der Waals surface area contributed by atoms with E-state index in [0.717, 1.165) is 12.5 Å². The van der Waals surface area contributed by atoms with Crippen LogP contribution in [0.5, 0.6) is 0 Å². The largest absolute Gasteiger partial charge is 0.314 e. The first kappa shape index (κ1) is 15.0. The first-order valence-corrected chi connectivity index (χ1v) is 6.31. The molecule has 0 amide bonds. The Bertz CT molecular complexity index is 174. The van der Waals surface area contributed by atoms with Gasteiger partial charge in [-0.1, -0.05) is 48.5 Å². The third-order valence-electron chi connectivity index (χ3n) is 4.25. The molecule has 0 heterocycles. The zero-order chi connectivity index (χ0) is 12.3. The van der Waals surface area contributed by atoms with E-state index >= 15 is 0 Å². The highest BCUT2D eigenvalue weighted by Gasteiger charge is 2.31. The van der Waals surface area contributed by atoms with E-state index in [-0.39, 0.29) is 0 Å². The Morgan fingerprint density at radius 2 is 1.40 bits per heavy atom. The Morgan fingerprint density at radius 3 is 1.73 bits per heavy atom. The van der Waals surface area contributed by atoms with E-state index in [9.17, 15) is 0 Å². The monoisotopic (exact) mass is 213 g/mol. The molecular formula is C14H31N. The molecule has 1 N–H and O–H groups in total. The fourth-order valence-corrected chi connectivity index (χ4v) is 1.22. The van der Waals surface area contributed by atoms with Crippen LogP contribution in [0.25, 0.3) is 0 Å². The van der Waals surface area contributed by atoms with E-state index < -0.39 is 0 Å². The smallest absolute Gasteiger partial charge is 0.00617 e. The topological polar surface area (TPSA) is 12.0 Å². The number of hydrogen-bond donors (Lipinski definition) is 1. The Balaban J connectivity index is 3.96. The maximum atomic E-state index is 3.61. The van der Waals surface area contributed by atoms with Gasteiger partial charge in [0, 0.05) is 6.04 Å². The number of nitrogens with one attached hydrogen (secondary N) is 1. The van der Waals surface area contributed by atoms with E-state index in [0.29, 0.717) is 16.9 Å². The minimum Gasteiger partial charge on any atom is -0.314 e. The van der Waals surface area contributed by atoms with E-state index in [2.05, 4.69) is 60.7 Å².